The highest BCUT2D eigenvalue weighted by molar-refractivity contribution is 6.44. The van der Waals surface area contributed by atoms with Crippen LogP contribution in [-0.2, 0) is 14.3 Å². The van der Waals surface area contributed by atoms with Gasteiger partial charge in [-0.3, -0.25) is 19.5 Å². The van der Waals surface area contributed by atoms with Crippen LogP contribution in [-0.4, -0.2) is 42.8 Å². The van der Waals surface area contributed by atoms with Crippen LogP contribution in [0, 0.1) is 11.6 Å². The van der Waals surface area contributed by atoms with Gasteiger partial charge in [-0.1, -0.05) is 0 Å². The Morgan fingerprint density at radius 1 is 1.13 bits per heavy atom. The summed E-state index contributed by atoms with van der Waals surface area (Å²) in [6, 6.07) is 8.02. The van der Waals surface area contributed by atoms with E-state index in [0.29, 0.717) is 17.9 Å². The van der Waals surface area contributed by atoms with E-state index in [1.54, 1.807) is 0 Å². The molecule has 11 heteroatoms. The van der Waals surface area contributed by atoms with Gasteiger partial charge in [0.15, 0.2) is 0 Å². The van der Waals surface area contributed by atoms with E-state index in [1.165, 1.54) is 46.3 Å². The molecule has 2 heterocycles. The van der Waals surface area contributed by atoms with Gasteiger partial charge < -0.3 is 15.8 Å². The first-order valence-corrected chi connectivity index (χ1v) is 9.30. The number of carbonyl (C=O) groups excluding carboxylic acids is 3. The number of nitrogens with two attached hydrogens (primary N) is 1. The SMILES string of the molecule is NC(=O)C1CC(C(=O)Nc2cc(N3CCOC3=O)ccc2F)=NN1c1ccc(F)cc1. The van der Waals surface area contributed by atoms with Crippen LogP contribution in [0.3, 0.4) is 0 Å². The molecule has 0 aliphatic carbocycles. The third-order valence-corrected chi connectivity index (χ3v) is 4.86. The van der Waals surface area contributed by atoms with Crippen LogP contribution in [0.1, 0.15) is 6.42 Å². The van der Waals surface area contributed by atoms with Crippen LogP contribution in [0.2, 0.25) is 0 Å². The maximum absolute atomic E-state index is 14.3. The molecule has 160 valence electrons. The van der Waals surface area contributed by atoms with Gasteiger partial charge in [0.05, 0.1) is 17.9 Å². The number of hydrazone groups is 1. The fourth-order valence-electron chi connectivity index (χ4n) is 3.30. The highest BCUT2D eigenvalue weighted by Crippen LogP contribution is 2.27. The van der Waals surface area contributed by atoms with Crippen molar-refractivity contribution in [3.63, 3.8) is 0 Å². The predicted molar refractivity (Wildman–Crippen MR) is 108 cm³/mol. The van der Waals surface area contributed by atoms with Crippen LogP contribution in [0.15, 0.2) is 47.6 Å². The van der Waals surface area contributed by atoms with Crippen LogP contribution < -0.4 is 21.0 Å². The lowest BCUT2D eigenvalue weighted by Crippen LogP contribution is -2.39. The van der Waals surface area contributed by atoms with Gasteiger partial charge in [0, 0.05) is 12.1 Å². The van der Waals surface area contributed by atoms with Gasteiger partial charge in [0.1, 0.15) is 30.0 Å². The van der Waals surface area contributed by atoms with Gasteiger partial charge in [-0.15, -0.1) is 0 Å². The van der Waals surface area contributed by atoms with E-state index in [2.05, 4.69) is 10.4 Å². The normalized spacial score (nSPS) is 18.1. The molecule has 0 radical (unpaired) electrons. The number of primary amides is 1. The lowest BCUT2D eigenvalue weighted by atomic mass is 10.1. The van der Waals surface area contributed by atoms with E-state index >= 15 is 0 Å². The second-order valence-corrected chi connectivity index (χ2v) is 6.87. The van der Waals surface area contributed by atoms with Crippen molar-refractivity contribution in [2.45, 2.75) is 12.5 Å². The minimum atomic E-state index is -0.957. The number of hydrogen-bond donors (Lipinski definition) is 2. The Labute approximate surface area is 175 Å². The number of carbonyl (C=O) groups is 3. The van der Waals surface area contributed by atoms with Gasteiger partial charge in [-0.25, -0.2) is 13.6 Å². The highest BCUT2D eigenvalue weighted by atomic mass is 19.1. The molecule has 3 N–H and O–H groups in total. The van der Waals surface area contributed by atoms with Gasteiger partial charge in [-0.2, -0.15) is 5.10 Å². The molecule has 3 amide bonds. The first kappa shape index (κ1) is 20.3. The fourth-order valence-corrected chi connectivity index (χ4v) is 3.30. The van der Waals surface area contributed by atoms with Crippen LogP contribution >= 0.6 is 0 Å². The summed E-state index contributed by atoms with van der Waals surface area (Å²) in [6.07, 6.45) is -0.679. The quantitative estimate of drug-likeness (QED) is 0.754. The minimum absolute atomic E-state index is 0.0569. The molecule has 2 aromatic carbocycles. The van der Waals surface area contributed by atoms with Gasteiger partial charge in [0.25, 0.3) is 5.91 Å². The highest BCUT2D eigenvalue weighted by Gasteiger charge is 2.35. The molecule has 1 unspecified atom stereocenters. The van der Waals surface area contributed by atoms with E-state index in [4.69, 9.17) is 10.5 Å². The van der Waals surface area contributed by atoms with Gasteiger partial charge >= 0.3 is 6.09 Å². The van der Waals surface area contributed by atoms with Crippen molar-refractivity contribution in [2.75, 3.05) is 28.4 Å². The molecule has 0 saturated carbocycles. The van der Waals surface area contributed by atoms with E-state index < -0.39 is 35.6 Å². The number of nitrogens with zero attached hydrogens (tertiary/aromatic N) is 3. The molecule has 4 rings (SSSR count). The molecule has 0 spiro atoms. The maximum Gasteiger partial charge on any atom is 0.414 e. The van der Waals surface area contributed by atoms with Crippen LogP contribution in [0.5, 0.6) is 0 Å². The van der Waals surface area contributed by atoms with E-state index in [1.807, 2.05) is 0 Å². The molecule has 1 fully saturated rings. The summed E-state index contributed by atoms with van der Waals surface area (Å²) >= 11 is 0. The molecule has 0 bridgehead atoms. The smallest absolute Gasteiger partial charge is 0.414 e. The maximum atomic E-state index is 14.3. The zero-order valence-electron chi connectivity index (χ0n) is 16.0. The van der Waals surface area contributed by atoms with Crippen molar-refractivity contribution in [2.24, 2.45) is 10.8 Å². The Balaban J connectivity index is 1.57. The van der Waals surface area contributed by atoms with Gasteiger partial charge in [0.2, 0.25) is 5.91 Å². The van der Waals surface area contributed by atoms with Crippen molar-refractivity contribution >= 4 is 40.7 Å². The summed E-state index contributed by atoms with van der Waals surface area (Å²) in [5.41, 5.74) is 5.93. The molecule has 2 aliphatic heterocycles. The van der Waals surface area contributed by atoms with Gasteiger partial charge in [-0.05, 0) is 42.5 Å². The number of cyclic esters (lactones) is 1. The van der Waals surface area contributed by atoms with E-state index in [9.17, 15) is 23.2 Å². The molecule has 0 aromatic heterocycles. The lowest BCUT2D eigenvalue weighted by molar-refractivity contribution is -0.119. The van der Waals surface area contributed by atoms with Crippen LogP contribution in [0.25, 0.3) is 0 Å². The largest absolute Gasteiger partial charge is 0.447 e. The summed E-state index contributed by atoms with van der Waals surface area (Å²) < 4.78 is 32.3. The van der Waals surface area contributed by atoms with E-state index in [-0.39, 0.29) is 24.4 Å². The second-order valence-electron chi connectivity index (χ2n) is 6.87. The monoisotopic (exact) mass is 429 g/mol. The summed E-state index contributed by atoms with van der Waals surface area (Å²) in [4.78, 5) is 37.6. The number of halogens is 2. The van der Waals surface area contributed by atoms with Crippen molar-refractivity contribution in [1.29, 1.82) is 0 Å². The molecule has 1 saturated heterocycles. The number of amides is 3. The molecule has 9 nitrogen and oxygen atoms in total. The topological polar surface area (TPSA) is 117 Å². The average Bonchev–Trinajstić information content (AvgIpc) is 3.37. The third kappa shape index (κ3) is 4.02. The Kier molecular flexibility index (Phi) is 5.24. The number of benzene rings is 2. The molecular formula is C20H17F2N5O4. The number of hydrogen-bond acceptors (Lipinski definition) is 6. The third-order valence-electron chi connectivity index (χ3n) is 4.86. The van der Waals surface area contributed by atoms with Crippen molar-refractivity contribution in [1.82, 2.24) is 0 Å². The number of rotatable bonds is 5. The lowest BCUT2D eigenvalue weighted by Gasteiger charge is -2.20. The summed E-state index contributed by atoms with van der Waals surface area (Å²) in [5, 5.41) is 7.77. The number of nitrogens with one attached hydrogen (secondary N) is 1. The number of anilines is 3. The summed E-state index contributed by atoms with van der Waals surface area (Å²) in [7, 11) is 0. The molecule has 31 heavy (non-hydrogen) atoms. The van der Waals surface area contributed by atoms with Crippen LogP contribution in [0.4, 0.5) is 30.6 Å². The molecule has 1 atom stereocenters. The Bertz CT molecular complexity index is 1090. The minimum Gasteiger partial charge on any atom is -0.447 e. The number of ether oxygens (including phenoxy) is 1. The average molecular weight is 429 g/mol. The summed E-state index contributed by atoms with van der Waals surface area (Å²) in [6.45, 7) is 0.514. The standard InChI is InChI=1S/C20H17F2N5O4/c21-11-1-3-12(4-2-11)27-17(18(23)28)10-16(25-27)19(29)24-15-9-13(5-6-14(15)22)26-7-8-31-20(26)30/h1-6,9,17H,7-8,10H2,(H2,23,28)(H,24,29). The Morgan fingerprint density at radius 2 is 1.84 bits per heavy atom. The summed E-state index contributed by atoms with van der Waals surface area (Å²) in [5.74, 6) is -2.66. The first-order valence-electron chi connectivity index (χ1n) is 9.30. The first-order chi connectivity index (χ1) is 14.8. The molecular weight excluding hydrogens is 412 g/mol. The molecule has 2 aromatic rings. The van der Waals surface area contributed by atoms with Crippen molar-refractivity contribution in [3.8, 4) is 0 Å². The zero-order valence-corrected chi connectivity index (χ0v) is 16.0. The molecule has 2 aliphatic rings. The van der Waals surface area contributed by atoms with Crippen molar-refractivity contribution in [3.05, 3.63) is 54.1 Å². The van der Waals surface area contributed by atoms with Crippen molar-refractivity contribution < 1.29 is 27.9 Å². The fraction of sp³-hybridized carbons (Fsp3) is 0.200. The predicted octanol–water partition coefficient (Wildman–Crippen LogP) is 1.98. The Morgan fingerprint density at radius 3 is 2.48 bits per heavy atom. The second kappa shape index (κ2) is 8.01. The zero-order chi connectivity index (χ0) is 22.1. The Hall–Kier alpha value is -4.02. The van der Waals surface area contributed by atoms with E-state index in [0.717, 1.165) is 6.07 Å².